The zero-order chi connectivity index (χ0) is 8.27. The summed E-state index contributed by atoms with van der Waals surface area (Å²) in [5.74, 6) is 2.52. The zero-order valence-electron chi connectivity index (χ0n) is 6.19. The monoisotopic (exact) mass is 165 g/mol. The summed E-state index contributed by atoms with van der Waals surface area (Å²) in [4.78, 5) is 0. The molecule has 0 saturated carbocycles. The lowest BCUT2D eigenvalue weighted by Gasteiger charge is -2.00. The largest absolute Gasteiger partial charge is 0.388 e. The molecule has 1 aromatic carbocycles. The predicted octanol–water partition coefficient (Wildman–Crippen LogP) is 2.36. The van der Waals surface area contributed by atoms with Gasteiger partial charge in [-0.1, -0.05) is 17.5 Å². The molecule has 0 radical (unpaired) electrons. The predicted molar refractivity (Wildman–Crippen MR) is 48.9 cm³/mol. The molecule has 56 valence electrons. The molecule has 0 unspecified atom stereocenters. The van der Waals surface area contributed by atoms with Crippen molar-refractivity contribution in [2.24, 2.45) is 0 Å². The highest BCUT2D eigenvalue weighted by Crippen LogP contribution is 2.17. The van der Waals surface area contributed by atoms with Gasteiger partial charge in [0.25, 0.3) is 0 Å². The van der Waals surface area contributed by atoms with Gasteiger partial charge in [-0.15, -0.1) is 6.42 Å². The Morgan fingerprint density at radius 1 is 1.45 bits per heavy atom. The number of hydrogen-bond acceptors (Lipinski definition) is 1. The lowest BCUT2D eigenvalue weighted by atomic mass is 10.2. The Labute approximate surface area is 71.4 Å². The third-order valence-electron chi connectivity index (χ3n) is 1.35. The molecule has 1 aromatic rings. The van der Waals surface area contributed by atoms with E-state index in [1.165, 1.54) is 0 Å². The number of benzene rings is 1. The Morgan fingerprint density at radius 3 is 2.73 bits per heavy atom. The molecule has 0 atom stereocenters. The van der Waals surface area contributed by atoms with Gasteiger partial charge in [0, 0.05) is 23.3 Å². The Hall–Kier alpha value is -1.13. The molecule has 1 nitrogen and oxygen atoms in total. The summed E-state index contributed by atoms with van der Waals surface area (Å²) in [6.45, 7) is 0. The van der Waals surface area contributed by atoms with Crippen LogP contribution in [0.5, 0.6) is 0 Å². The highest BCUT2D eigenvalue weighted by Gasteiger charge is 1.94. The molecule has 0 saturated heterocycles. The van der Waals surface area contributed by atoms with Gasteiger partial charge >= 0.3 is 0 Å². The summed E-state index contributed by atoms with van der Waals surface area (Å²) in [5, 5.41) is 3.62. The smallest absolute Gasteiger partial charge is 0.0438 e. The lowest BCUT2D eigenvalue weighted by molar-refractivity contribution is 1.50. The van der Waals surface area contributed by atoms with Crippen molar-refractivity contribution < 1.29 is 0 Å². The molecule has 2 heteroatoms. The van der Waals surface area contributed by atoms with Gasteiger partial charge in [0.1, 0.15) is 0 Å². The first-order valence-electron chi connectivity index (χ1n) is 3.21. The Kier molecular flexibility index (Phi) is 2.40. The topological polar surface area (TPSA) is 12.0 Å². The summed E-state index contributed by atoms with van der Waals surface area (Å²) in [5.41, 5.74) is 1.73. The highest BCUT2D eigenvalue weighted by atomic mass is 35.5. The maximum atomic E-state index is 5.77. The molecule has 0 aromatic heterocycles. The van der Waals surface area contributed by atoms with Crippen molar-refractivity contribution in [3.05, 3.63) is 28.8 Å². The van der Waals surface area contributed by atoms with Gasteiger partial charge in [0.15, 0.2) is 0 Å². The van der Waals surface area contributed by atoms with Crippen LogP contribution in [0.1, 0.15) is 5.56 Å². The molecule has 0 aliphatic carbocycles. The molecule has 0 aliphatic rings. The second-order valence-electron chi connectivity index (χ2n) is 2.12. The minimum Gasteiger partial charge on any atom is -0.388 e. The third kappa shape index (κ3) is 1.89. The fourth-order valence-corrected chi connectivity index (χ4v) is 1.05. The summed E-state index contributed by atoms with van der Waals surface area (Å²) in [7, 11) is 1.83. The summed E-state index contributed by atoms with van der Waals surface area (Å²) in [6, 6.07) is 5.44. The van der Waals surface area contributed by atoms with Crippen molar-refractivity contribution in [3.8, 4) is 12.3 Å². The number of halogens is 1. The van der Waals surface area contributed by atoms with Gasteiger partial charge in [-0.2, -0.15) is 0 Å². The first-order valence-corrected chi connectivity index (χ1v) is 3.59. The summed E-state index contributed by atoms with van der Waals surface area (Å²) >= 11 is 5.77. The van der Waals surface area contributed by atoms with Crippen LogP contribution in [0.2, 0.25) is 5.02 Å². The number of hydrogen-bond donors (Lipinski definition) is 1. The van der Waals surface area contributed by atoms with Crippen molar-refractivity contribution in [2.45, 2.75) is 0 Å². The van der Waals surface area contributed by atoms with E-state index in [0.717, 1.165) is 11.3 Å². The maximum Gasteiger partial charge on any atom is 0.0438 e. The van der Waals surface area contributed by atoms with Crippen LogP contribution in [0.25, 0.3) is 0 Å². The molecule has 1 N–H and O–H groups in total. The number of nitrogens with one attached hydrogen (secondary N) is 1. The Bertz CT molecular complexity index is 299. The minimum atomic E-state index is 0.657. The van der Waals surface area contributed by atoms with Crippen LogP contribution in [0.3, 0.4) is 0 Å². The standard InChI is InChI=1S/C9H8ClN/c1-3-7-4-8(10)6-9(5-7)11-2/h1,4-6,11H,2H3. The van der Waals surface area contributed by atoms with Crippen LogP contribution < -0.4 is 5.32 Å². The van der Waals surface area contributed by atoms with Crippen molar-refractivity contribution in [1.82, 2.24) is 0 Å². The fraction of sp³-hybridized carbons (Fsp3) is 0.111. The second kappa shape index (κ2) is 3.32. The van der Waals surface area contributed by atoms with Gasteiger partial charge < -0.3 is 5.32 Å². The first-order chi connectivity index (χ1) is 5.26. The van der Waals surface area contributed by atoms with Gasteiger partial charge in [-0.25, -0.2) is 0 Å². The fourth-order valence-electron chi connectivity index (χ4n) is 0.817. The van der Waals surface area contributed by atoms with Gasteiger partial charge in [-0.3, -0.25) is 0 Å². The molecule has 0 bridgehead atoms. The van der Waals surface area contributed by atoms with Crippen LogP contribution in [0.15, 0.2) is 18.2 Å². The van der Waals surface area contributed by atoms with E-state index in [-0.39, 0.29) is 0 Å². The number of rotatable bonds is 1. The SMILES string of the molecule is C#Cc1cc(Cl)cc(NC)c1. The molecule has 0 fully saturated rings. The molecule has 0 aliphatic heterocycles. The summed E-state index contributed by atoms with van der Waals surface area (Å²) in [6.07, 6.45) is 5.21. The van der Waals surface area contributed by atoms with Gasteiger partial charge in [0.05, 0.1) is 0 Å². The van der Waals surface area contributed by atoms with Crippen LogP contribution in [0.4, 0.5) is 5.69 Å². The number of anilines is 1. The quantitative estimate of drug-likeness (QED) is 0.630. The molecule has 0 amide bonds. The van der Waals surface area contributed by atoms with Crippen molar-refractivity contribution >= 4 is 17.3 Å². The minimum absolute atomic E-state index is 0.657. The first kappa shape index (κ1) is 7.97. The van der Waals surface area contributed by atoms with E-state index in [4.69, 9.17) is 18.0 Å². The van der Waals surface area contributed by atoms with E-state index in [1.807, 2.05) is 19.2 Å². The Balaban J connectivity index is 3.15. The van der Waals surface area contributed by atoms with E-state index in [2.05, 4.69) is 11.2 Å². The van der Waals surface area contributed by atoms with Crippen LogP contribution in [-0.2, 0) is 0 Å². The average Bonchev–Trinajstić information content (AvgIpc) is 2.03. The van der Waals surface area contributed by atoms with Gasteiger partial charge in [-0.05, 0) is 18.2 Å². The van der Waals surface area contributed by atoms with E-state index in [1.54, 1.807) is 6.07 Å². The highest BCUT2D eigenvalue weighted by molar-refractivity contribution is 6.31. The molecule has 0 heterocycles. The maximum absolute atomic E-state index is 5.77. The third-order valence-corrected chi connectivity index (χ3v) is 1.57. The number of terminal acetylenes is 1. The molecule has 11 heavy (non-hydrogen) atoms. The lowest BCUT2D eigenvalue weighted by Crippen LogP contribution is -1.88. The van der Waals surface area contributed by atoms with Crippen LogP contribution in [0, 0.1) is 12.3 Å². The van der Waals surface area contributed by atoms with Crippen molar-refractivity contribution in [1.29, 1.82) is 0 Å². The van der Waals surface area contributed by atoms with Crippen LogP contribution >= 0.6 is 11.6 Å². The van der Waals surface area contributed by atoms with E-state index < -0.39 is 0 Å². The van der Waals surface area contributed by atoms with E-state index in [0.29, 0.717) is 5.02 Å². The summed E-state index contributed by atoms with van der Waals surface area (Å²) < 4.78 is 0. The van der Waals surface area contributed by atoms with Gasteiger partial charge in [0.2, 0.25) is 0 Å². The van der Waals surface area contributed by atoms with E-state index >= 15 is 0 Å². The molecule has 0 spiro atoms. The zero-order valence-corrected chi connectivity index (χ0v) is 6.94. The average molecular weight is 166 g/mol. The molecular weight excluding hydrogens is 158 g/mol. The Morgan fingerprint density at radius 2 is 2.18 bits per heavy atom. The second-order valence-corrected chi connectivity index (χ2v) is 2.56. The molecular formula is C9H8ClN. The normalized spacial score (nSPS) is 8.82. The van der Waals surface area contributed by atoms with Crippen molar-refractivity contribution in [3.63, 3.8) is 0 Å². The van der Waals surface area contributed by atoms with Crippen molar-refractivity contribution in [2.75, 3.05) is 12.4 Å². The molecule has 1 rings (SSSR count). The van der Waals surface area contributed by atoms with Crippen LogP contribution in [-0.4, -0.2) is 7.05 Å². The van der Waals surface area contributed by atoms with E-state index in [9.17, 15) is 0 Å².